The van der Waals surface area contributed by atoms with E-state index in [1.54, 1.807) is 26.8 Å². The van der Waals surface area contributed by atoms with Crippen LogP contribution in [0, 0.1) is 12.7 Å². The van der Waals surface area contributed by atoms with Gasteiger partial charge >= 0.3 is 0 Å². The Morgan fingerprint density at radius 2 is 2.06 bits per heavy atom. The van der Waals surface area contributed by atoms with Gasteiger partial charge in [0, 0.05) is 12.1 Å². The summed E-state index contributed by atoms with van der Waals surface area (Å²) in [5.41, 5.74) is 5.79. The average molecular weight is 261 g/mol. The largest absolute Gasteiger partial charge is 0.346 e. The summed E-state index contributed by atoms with van der Waals surface area (Å²) in [5.74, 6) is -0.946. The van der Waals surface area contributed by atoms with Crippen molar-refractivity contribution in [3.05, 3.63) is 35.1 Å². The number of rotatable bonds is 3. The molecule has 0 unspecified atom stereocenters. The van der Waals surface area contributed by atoms with Gasteiger partial charge in [-0.25, -0.2) is 4.39 Å². The van der Waals surface area contributed by atoms with Gasteiger partial charge in [-0.3, -0.25) is 4.79 Å². The van der Waals surface area contributed by atoms with E-state index in [0.29, 0.717) is 6.54 Å². The Morgan fingerprint density at radius 3 is 2.53 bits per heavy atom. The third-order valence-electron chi connectivity index (χ3n) is 2.33. The summed E-state index contributed by atoms with van der Waals surface area (Å²) in [6.07, 6.45) is 0. The predicted molar refractivity (Wildman–Crippen MR) is 69.0 cm³/mol. The molecule has 17 heavy (non-hydrogen) atoms. The molecule has 1 rings (SSSR count). The Hall–Kier alpha value is -1.13. The lowest BCUT2D eigenvalue weighted by Crippen LogP contribution is -2.49. The molecule has 1 aromatic rings. The Bertz CT molecular complexity index is 407. The van der Waals surface area contributed by atoms with Gasteiger partial charge in [-0.1, -0.05) is 6.07 Å². The zero-order chi connectivity index (χ0) is 12.3. The van der Waals surface area contributed by atoms with E-state index in [0.717, 1.165) is 5.56 Å². The number of carbonyl (C=O) groups is 1. The Balaban J connectivity index is 0.00000256. The van der Waals surface area contributed by atoms with Crippen LogP contribution in [0.3, 0.4) is 0 Å². The van der Waals surface area contributed by atoms with E-state index in [1.165, 1.54) is 12.1 Å². The smallest absolute Gasteiger partial charge is 0.254 e. The normalized spacial score (nSPS) is 10.6. The molecule has 0 fully saturated rings. The molecule has 0 heterocycles. The molecule has 0 spiro atoms. The van der Waals surface area contributed by atoms with Gasteiger partial charge in [0.1, 0.15) is 5.82 Å². The lowest BCUT2D eigenvalue weighted by molar-refractivity contribution is 0.0911. The molecule has 0 aromatic heterocycles. The van der Waals surface area contributed by atoms with Gasteiger partial charge in [-0.05, 0) is 38.5 Å². The van der Waals surface area contributed by atoms with E-state index in [2.05, 4.69) is 5.32 Å². The number of aryl methyl sites for hydroxylation is 1. The number of nitrogens with one attached hydrogen (secondary N) is 1. The van der Waals surface area contributed by atoms with Crippen molar-refractivity contribution in [3.8, 4) is 0 Å². The fourth-order valence-corrected chi connectivity index (χ4v) is 1.23. The second-order valence-corrected chi connectivity index (χ2v) is 4.53. The quantitative estimate of drug-likeness (QED) is 0.874. The highest BCUT2D eigenvalue weighted by atomic mass is 35.5. The fraction of sp³-hybridized carbons (Fsp3) is 0.417. The fourth-order valence-electron chi connectivity index (χ4n) is 1.23. The van der Waals surface area contributed by atoms with Crippen molar-refractivity contribution in [2.75, 3.05) is 6.54 Å². The number of carbonyl (C=O) groups excluding carboxylic acids is 1. The molecule has 0 aliphatic heterocycles. The van der Waals surface area contributed by atoms with Gasteiger partial charge in [-0.2, -0.15) is 0 Å². The van der Waals surface area contributed by atoms with Crippen LogP contribution in [0.5, 0.6) is 0 Å². The monoisotopic (exact) mass is 260 g/mol. The third-order valence-corrected chi connectivity index (χ3v) is 2.33. The van der Waals surface area contributed by atoms with Gasteiger partial charge in [0.15, 0.2) is 0 Å². The van der Waals surface area contributed by atoms with Gasteiger partial charge < -0.3 is 11.1 Å². The first-order valence-electron chi connectivity index (χ1n) is 5.14. The highest BCUT2D eigenvalue weighted by molar-refractivity contribution is 5.95. The molecule has 5 heteroatoms. The molecular formula is C12H18ClFN2O. The molecule has 0 saturated carbocycles. The molecule has 3 nitrogen and oxygen atoms in total. The standard InChI is InChI=1S/C12H17FN2O.ClH/c1-8-4-5-9(10(13)6-8)11(16)15-12(2,3)7-14;/h4-6H,7,14H2,1-3H3,(H,15,16);1H. The topological polar surface area (TPSA) is 55.1 Å². The van der Waals surface area contributed by atoms with E-state index >= 15 is 0 Å². The molecule has 1 amide bonds. The van der Waals surface area contributed by atoms with Gasteiger partial charge in [0.2, 0.25) is 0 Å². The first-order valence-corrected chi connectivity index (χ1v) is 5.14. The number of hydrogen-bond donors (Lipinski definition) is 2. The van der Waals surface area contributed by atoms with Crippen molar-refractivity contribution >= 4 is 18.3 Å². The van der Waals surface area contributed by atoms with Crippen LogP contribution in [0.1, 0.15) is 29.8 Å². The zero-order valence-corrected chi connectivity index (χ0v) is 11.0. The second-order valence-electron chi connectivity index (χ2n) is 4.53. The average Bonchev–Trinajstić information content (AvgIpc) is 2.16. The van der Waals surface area contributed by atoms with E-state index in [4.69, 9.17) is 5.73 Å². The number of amides is 1. The van der Waals surface area contributed by atoms with Crippen molar-refractivity contribution in [2.45, 2.75) is 26.3 Å². The minimum absolute atomic E-state index is 0. The van der Waals surface area contributed by atoms with E-state index < -0.39 is 17.3 Å². The van der Waals surface area contributed by atoms with E-state index in [-0.39, 0.29) is 18.0 Å². The minimum Gasteiger partial charge on any atom is -0.346 e. The van der Waals surface area contributed by atoms with Gasteiger partial charge in [-0.15, -0.1) is 12.4 Å². The van der Waals surface area contributed by atoms with Crippen LogP contribution >= 0.6 is 12.4 Å². The van der Waals surface area contributed by atoms with Crippen LogP contribution in [-0.2, 0) is 0 Å². The summed E-state index contributed by atoms with van der Waals surface area (Å²) in [6.45, 7) is 5.65. The molecule has 0 atom stereocenters. The molecular weight excluding hydrogens is 243 g/mol. The van der Waals surface area contributed by atoms with Gasteiger partial charge in [0.05, 0.1) is 5.56 Å². The summed E-state index contributed by atoms with van der Waals surface area (Å²) in [4.78, 5) is 11.7. The van der Waals surface area contributed by atoms with E-state index in [9.17, 15) is 9.18 Å². The molecule has 0 aliphatic carbocycles. The van der Waals surface area contributed by atoms with Crippen molar-refractivity contribution in [1.82, 2.24) is 5.32 Å². The highest BCUT2D eigenvalue weighted by Gasteiger charge is 2.21. The van der Waals surface area contributed by atoms with Crippen molar-refractivity contribution in [3.63, 3.8) is 0 Å². The van der Waals surface area contributed by atoms with Crippen LogP contribution in [0.4, 0.5) is 4.39 Å². The SMILES string of the molecule is Cc1ccc(C(=O)NC(C)(C)CN)c(F)c1.Cl. The first-order chi connectivity index (χ1) is 7.35. The minimum atomic E-state index is -0.533. The van der Waals surface area contributed by atoms with Crippen LogP contribution in [0.15, 0.2) is 18.2 Å². The molecule has 96 valence electrons. The Kier molecular flexibility index (Phi) is 5.58. The second kappa shape index (κ2) is 5.98. The van der Waals surface area contributed by atoms with Crippen LogP contribution in [0.2, 0.25) is 0 Å². The molecule has 0 radical (unpaired) electrons. The number of benzene rings is 1. The number of nitrogens with two attached hydrogens (primary N) is 1. The molecule has 3 N–H and O–H groups in total. The lowest BCUT2D eigenvalue weighted by Gasteiger charge is -2.24. The summed E-state index contributed by atoms with van der Waals surface area (Å²) in [5, 5.41) is 2.68. The van der Waals surface area contributed by atoms with Crippen molar-refractivity contribution in [2.24, 2.45) is 5.73 Å². The molecule has 0 aliphatic rings. The Labute approximate surface area is 107 Å². The molecule has 0 saturated heterocycles. The molecule has 0 bridgehead atoms. The van der Waals surface area contributed by atoms with Gasteiger partial charge in [0.25, 0.3) is 5.91 Å². The van der Waals surface area contributed by atoms with Crippen LogP contribution in [-0.4, -0.2) is 18.0 Å². The lowest BCUT2D eigenvalue weighted by atomic mass is 10.0. The van der Waals surface area contributed by atoms with Crippen molar-refractivity contribution in [1.29, 1.82) is 0 Å². The predicted octanol–water partition coefficient (Wildman–Crippen LogP) is 2.02. The number of halogens is 2. The summed E-state index contributed by atoms with van der Waals surface area (Å²) in [7, 11) is 0. The maximum atomic E-state index is 13.5. The third kappa shape index (κ3) is 4.32. The van der Waals surface area contributed by atoms with E-state index in [1.807, 2.05) is 0 Å². The Morgan fingerprint density at radius 1 is 1.47 bits per heavy atom. The number of hydrogen-bond acceptors (Lipinski definition) is 2. The van der Waals surface area contributed by atoms with Crippen molar-refractivity contribution < 1.29 is 9.18 Å². The summed E-state index contributed by atoms with van der Waals surface area (Å²) in [6, 6.07) is 4.52. The van der Waals surface area contributed by atoms with Crippen LogP contribution < -0.4 is 11.1 Å². The first kappa shape index (κ1) is 15.9. The summed E-state index contributed by atoms with van der Waals surface area (Å²) >= 11 is 0. The van der Waals surface area contributed by atoms with Crippen LogP contribution in [0.25, 0.3) is 0 Å². The highest BCUT2D eigenvalue weighted by Crippen LogP contribution is 2.11. The maximum Gasteiger partial charge on any atom is 0.254 e. The summed E-state index contributed by atoms with van der Waals surface area (Å²) < 4.78 is 13.5. The maximum absolute atomic E-state index is 13.5. The zero-order valence-electron chi connectivity index (χ0n) is 10.2. The molecule has 1 aromatic carbocycles.